The van der Waals surface area contributed by atoms with Gasteiger partial charge in [-0.25, -0.2) is 9.37 Å². The molecule has 0 amide bonds. The molecule has 0 spiro atoms. The molecule has 114 valence electrons. The van der Waals surface area contributed by atoms with Gasteiger partial charge >= 0.3 is 0 Å². The van der Waals surface area contributed by atoms with Gasteiger partial charge in [0.1, 0.15) is 23.3 Å². The molecule has 3 nitrogen and oxygen atoms in total. The second kappa shape index (κ2) is 5.82. The lowest BCUT2D eigenvalue weighted by atomic mass is 9.97. The maximum Gasteiger partial charge on any atom is 0.142 e. The van der Waals surface area contributed by atoms with Crippen molar-refractivity contribution in [2.24, 2.45) is 0 Å². The minimum atomic E-state index is -0.304. The van der Waals surface area contributed by atoms with E-state index >= 15 is 0 Å². The maximum absolute atomic E-state index is 13.2. The molecule has 0 aliphatic carbocycles. The van der Waals surface area contributed by atoms with E-state index in [-0.39, 0.29) is 11.6 Å². The topological polar surface area (TPSA) is 62.7 Å². The lowest BCUT2D eigenvalue weighted by Crippen LogP contribution is -2.02. The fourth-order valence-electron chi connectivity index (χ4n) is 2.57. The lowest BCUT2D eigenvalue weighted by molar-refractivity contribution is 0.628. The van der Waals surface area contributed by atoms with E-state index in [4.69, 9.17) is 5.73 Å². The number of thiophene rings is 1. The number of hydrogen-bond acceptors (Lipinski definition) is 4. The van der Waals surface area contributed by atoms with Crippen molar-refractivity contribution in [3.63, 3.8) is 0 Å². The number of hydrogen-bond donors (Lipinski definition) is 1. The molecule has 0 saturated carbocycles. The van der Waals surface area contributed by atoms with Crippen LogP contribution in [0.2, 0.25) is 0 Å². The molecule has 2 N–H and O–H groups in total. The Labute approximate surface area is 137 Å². The number of nitrogens with zero attached hydrogens (tertiary/aromatic N) is 2. The molecule has 0 fully saturated rings. The van der Waals surface area contributed by atoms with Crippen molar-refractivity contribution in [1.82, 2.24) is 4.98 Å². The Bertz CT molecular complexity index is 921. The normalized spacial score (nSPS) is 10.5. The van der Waals surface area contributed by atoms with Crippen molar-refractivity contribution in [3.05, 3.63) is 58.2 Å². The van der Waals surface area contributed by atoms with E-state index in [1.165, 1.54) is 12.1 Å². The van der Waals surface area contributed by atoms with Crippen LogP contribution in [0.25, 0.3) is 21.7 Å². The minimum absolute atomic E-state index is 0.193. The second-order valence-electron chi connectivity index (χ2n) is 5.25. The monoisotopic (exact) mass is 323 g/mol. The van der Waals surface area contributed by atoms with Gasteiger partial charge in [-0.1, -0.05) is 0 Å². The molecule has 5 heteroatoms. The highest BCUT2D eigenvalue weighted by molar-refractivity contribution is 7.15. The van der Waals surface area contributed by atoms with Crippen molar-refractivity contribution in [3.8, 4) is 27.8 Å². The highest BCUT2D eigenvalue weighted by Gasteiger charge is 2.19. The van der Waals surface area contributed by atoms with Crippen LogP contribution in [0, 0.1) is 31.0 Å². The zero-order valence-electron chi connectivity index (χ0n) is 12.7. The third-order valence-electron chi connectivity index (χ3n) is 3.68. The van der Waals surface area contributed by atoms with Gasteiger partial charge in [0.15, 0.2) is 0 Å². The number of anilines is 1. The van der Waals surface area contributed by atoms with Crippen LogP contribution < -0.4 is 5.73 Å². The van der Waals surface area contributed by atoms with Gasteiger partial charge in [-0.3, -0.25) is 0 Å². The summed E-state index contributed by atoms with van der Waals surface area (Å²) in [4.78, 5) is 6.51. The molecule has 0 atom stereocenters. The van der Waals surface area contributed by atoms with Crippen molar-refractivity contribution < 1.29 is 4.39 Å². The van der Waals surface area contributed by atoms with Gasteiger partial charge in [0.2, 0.25) is 0 Å². The van der Waals surface area contributed by atoms with Crippen LogP contribution in [-0.2, 0) is 0 Å². The number of aryl methyl sites for hydroxylation is 1. The summed E-state index contributed by atoms with van der Waals surface area (Å²) >= 11 is 1.61. The van der Waals surface area contributed by atoms with E-state index < -0.39 is 0 Å². The highest BCUT2D eigenvalue weighted by Crippen LogP contribution is 2.38. The van der Waals surface area contributed by atoms with Gasteiger partial charge in [0, 0.05) is 20.9 Å². The number of nitriles is 1. The standard InChI is InChI=1S/C18H14FN3S/c1-10-3-8-15(23-10)16-11(2)17(22-18(21)14(16)9-20)12-4-6-13(19)7-5-12/h3-8H,1-2H3,(H2,21,22). The summed E-state index contributed by atoms with van der Waals surface area (Å²) in [5, 5.41) is 9.47. The number of benzene rings is 1. The average Bonchev–Trinajstić information content (AvgIpc) is 2.95. The molecular weight excluding hydrogens is 309 g/mol. The first-order valence-corrected chi connectivity index (χ1v) is 7.86. The Hall–Kier alpha value is -2.71. The molecule has 0 aliphatic rings. The lowest BCUT2D eigenvalue weighted by Gasteiger charge is -2.13. The van der Waals surface area contributed by atoms with Crippen LogP contribution in [0.5, 0.6) is 0 Å². The van der Waals surface area contributed by atoms with Crippen LogP contribution in [0.1, 0.15) is 16.0 Å². The first-order valence-electron chi connectivity index (χ1n) is 7.04. The third-order valence-corrected chi connectivity index (χ3v) is 4.70. The largest absolute Gasteiger partial charge is 0.383 e. The van der Waals surface area contributed by atoms with E-state index in [2.05, 4.69) is 11.1 Å². The zero-order valence-corrected chi connectivity index (χ0v) is 13.5. The molecule has 3 aromatic rings. The Balaban J connectivity index is 2.30. The van der Waals surface area contributed by atoms with Gasteiger partial charge in [-0.15, -0.1) is 11.3 Å². The van der Waals surface area contributed by atoms with Gasteiger partial charge < -0.3 is 5.73 Å². The number of nitrogens with two attached hydrogens (primary N) is 1. The first kappa shape index (κ1) is 15.2. The predicted molar refractivity (Wildman–Crippen MR) is 91.5 cm³/mol. The number of aromatic nitrogens is 1. The van der Waals surface area contributed by atoms with E-state index in [1.54, 1.807) is 23.5 Å². The molecule has 0 saturated heterocycles. The Kier molecular flexibility index (Phi) is 3.85. The Morgan fingerprint density at radius 3 is 2.39 bits per heavy atom. The summed E-state index contributed by atoms with van der Waals surface area (Å²) in [6.45, 7) is 3.93. The number of rotatable bonds is 2. The smallest absolute Gasteiger partial charge is 0.142 e. The van der Waals surface area contributed by atoms with Crippen molar-refractivity contribution in [2.45, 2.75) is 13.8 Å². The molecular formula is C18H14FN3S. The second-order valence-corrected chi connectivity index (χ2v) is 6.54. The van der Waals surface area contributed by atoms with E-state index in [1.807, 2.05) is 26.0 Å². The molecule has 1 aromatic carbocycles. The SMILES string of the molecule is Cc1ccc(-c2c(C)c(-c3ccc(F)cc3)nc(N)c2C#N)s1. The van der Waals surface area contributed by atoms with Gasteiger partial charge in [-0.2, -0.15) is 5.26 Å². The fraction of sp³-hybridized carbons (Fsp3) is 0.111. The van der Waals surface area contributed by atoms with Gasteiger partial charge in [-0.05, 0) is 55.8 Å². The number of pyridine rings is 1. The summed E-state index contributed by atoms with van der Waals surface area (Å²) in [5.41, 5.74) is 9.50. The highest BCUT2D eigenvalue weighted by atomic mass is 32.1. The van der Waals surface area contributed by atoms with Crippen molar-refractivity contribution in [1.29, 1.82) is 5.26 Å². The summed E-state index contributed by atoms with van der Waals surface area (Å²) in [7, 11) is 0. The van der Waals surface area contributed by atoms with Crippen molar-refractivity contribution in [2.75, 3.05) is 5.73 Å². The van der Waals surface area contributed by atoms with Gasteiger partial charge in [0.25, 0.3) is 0 Å². The van der Waals surface area contributed by atoms with Crippen LogP contribution in [0.15, 0.2) is 36.4 Å². The van der Waals surface area contributed by atoms with E-state index in [0.717, 1.165) is 26.4 Å². The average molecular weight is 323 g/mol. The third kappa shape index (κ3) is 2.69. The molecule has 2 aromatic heterocycles. The first-order chi connectivity index (χ1) is 11.0. The van der Waals surface area contributed by atoms with Gasteiger partial charge in [0.05, 0.1) is 5.69 Å². The summed E-state index contributed by atoms with van der Waals surface area (Å²) in [6.07, 6.45) is 0. The van der Waals surface area contributed by atoms with E-state index in [0.29, 0.717) is 11.3 Å². The Morgan fingerprint density at radius 1 is 1.13 bits per heavy atom. The fourth-order valence-corrected chi connectivity index (χ4v) is 3.55. The van der Waals surface area contributed by atoms with Crippen LogP contribution >= 0.6 is 11.3 Å². The summed E-state index contributed by atoms with van der Waals surface area (Å²) in [6, 6.07) is 12.3. The van der Waals surface area contributed by atoms with E-state index in [9.17, 15) is 9.65 Å². The van der Waals surface area contributed by atoms with Crippen LogP contribution in [0.4, 0.5) is 10.2 Å². The molecule has 2 heterocycles. The minimum Gasteiger partial charge on any atom is -0.383 e. The number of nitrogen functional groups attached to an aromatic ring is 1. The molecule has 0 radical (unpaired) electrons. The molecule has 0 bridgehead atoms. The summed E-state index contributed by atoms with van der Waals surface area (Å²) in [5.74, 6) is -0.111. The Morgan fingerprint density at radius 2 is 1.83 bits per heavy atom. The molecule has 0 aliphatic heterocycles. The molecule has 23 heavy (non-hydrogen) atoms. The maximum atomic E-state index is 13.2. The number of halogens is 1. The molecule has 3 rings (SSSR count). The predicted octanol–water partition coefficient (Wildman–Crippen LogP) is 4.69. The van der Waals surface area contributed by atoms with Crippen LogP contribution in [-0.4, -0.2) is 4.98 Å². The zero-order chi connectivity index (χ0) is 16.6. The van der Waals surface area contributed by atoms with Crippen LogP contribution in [0.3, 0.4) is 0 Å². The quantitative estimate of drug-likeness (QED) is 0.744. The summed E-state index contributed by atoms with van der Waals surface area (Å²) < 4.78 is 13.2. The molecule has 0 unspecified atom stereocenters. The van der Waals surface area contributed by atoms with Crippen molar-refractivity contribution >= 4 is 17.2 Å².